The molecule has 0 aromatic heterocycles. The summed E-state index contributed by atoms with van der Waals surface area (Å²) in [5, 5.41) is 4.95. The van der Waals surface area contributed by atoms with Gasteiger partial charge in [-0.15, -0.1) is 0 Å². The molecule has 2 aromatic carbocycles. The van der Waals surface area contributed by atoms with E-state index in [1.54, 1.807) is 0 Å². The van der Waals surface area contributed by atoms with Crippen molar-refractivity contribution < 1.29 is 4.90 Å². The van der Waals surface area contributed by atoms with E-state index in [0.29, 0.717) is 0 Å². The molecule has 2 N–H and O–H groups in total. The summed E-state index contributed by atoms with van der Waals surface area (Å²) in [4.78, 5) is 3.78. The second-order valence-electron chi connectivity index (χ2n) is 7.13. The fourth-order valence-electron chi connectivity index (χ4n) is 3.61. The van der Waals surface area contributed by atoms with Crippen molar-refractivity contribution in [3.05, 3.63) is 82.9 Å². The Morgan fingerprint density at radius 2 is 1.78 bits per heavy atom. The lowest BCUT2D eigenvalue weighted by molar-refractivity contribution is -0.929. The number of benzene rings is 2. The standard InChI is InChI=1S/C22H26ClN3S/c1-17(2)16-24-22(27)26-14-12-25(13-15-26)21(18-8-4-3-5-9-18)19-10-6-7-11-20(19)23/h3-11,21H,1,12-16H2,2H3,(H,24,27)/p+1/t21-/m0/s1. The average molecular weight is 401 g/mol. The molecule has 1 aliphatic rings. The molecule has 3 rings (SSSR count). The van der Waals surface area contributed by atoms with E-state index in [2.05, 4.69) is 59.3 Å². The van der Waals surface area contributed by atoms with Crippen LogP contribution in [0, 0.1) is 0 Å². The monoisotopic (exact) mass is 400 g/mol. The van der Waals surface area contributed by atoms with Gasteiger partial charge < -0.3 is 15.1 Å². The topological polar surface area (TPSA) is 19.7 Å². The van der Waals surface area contributed by atoms with Crippen LogP contribution in [0.15, 0.2) is 66.7 Å². The Kier molecular flexibility index (Phi) is 6.89. The lowest BCUT2D eigenvalue weighted by Gasteiger charge is -2.38. The van der Waals surface area contributed by atoms with Gasteiger partial charge in [-0.05, 0) is 25.2 Å². The van der Waals surface area contributed by atoms with E-state index in [1.165, 1.54) is 16.0 Å². The smallest absolute Gasteiger partial charge is 0.169 e. The lowest BCUT2D eigenvalue weighted by atomic mass is 9.96. The van der Waals surface area contributed by atoms with E-state index in [0.717, 1.165) is 48.4 Å². The summed E-state index contributed by atoms with van der Waals surface area (Å²) in [7, 11) is 0. The molecule has 0 unspecified atom stereocenters. The summed E-state index contributed by atoms with van der Waals surface area (Å²) in [5.74, 6) is 0. The molecular formula is C22H27ClN3S+. The summed E-state index contributed by atoms with van der Waals surface area (Å²) in [6.07, 6.45) is 0. The van der Waals surface area contributed by atoms with Gasteiger partial charge in [-0.1, -0.05) is 72.3 Å². The van der Waals surface area contributed by atoms with Crippen LogP contribution in [0.2, 0.25) is 5.02 Å². The third-order valence-electron chi connectivity index (χ3n) is 4.99. The number of halogens is 1. The molecule has 5 heteroatoms. The van der Waals surface area contributed by atoms with Crippen molar-refractivity contribution >= 4 is 28.9 Å². The van der Waals surface area contributed by atoms with Gasteiger partial charge in [0.15, 0.2) is 5.11 Å². The van der Waals surface area contributed by atoms with Crippen molar-refractivity contribution in [2.24, 2.45) is 0 Å². The predicted octanol–water partition coefficient (Wildman–Crippen LogP) is 3.08. The van der Waals surface area contributed by atoms with E-state index in [-0.39, 0.29) is 6.04 Å². The van der Waals surface area contributed by atoms with E-state index in [1.807, 2.05) is 19.1 Å². The predicted molar refractivity (Wildman–Crippen MR) is 117 cm³/mol. The molecule has 0 spiro atoms. The van der Waals surface area contributed by atoms with Gasteiger partial charge in [-0.3, -0.25) is 0 Å². The molecule has 0 saturated carbocycles. The maximum Gasteiger partial charge on any atom is 0.169 e. The number of quaternary nitrogens is 1. The van der Waals surface area contributed by atoms with Crippen LogP contribution in [0.4, 0.5) is 0 Å². The molecule has 0 radical (unpaired) electrons. The molecule has 1 saturated heterocycles. The number of piperazine rings is 1. The van der Waals surface area contributed by atoms with E-state index >= 15 is 0 Å². The fraction of sp³-hybridized carbons (Fsp3) is 0.318. The van der Waals surface area contributed by atoms with Gasteiger partial charge in [0.25, 0.3) is 0 Å². The highest BCUT2D eigenvalue weighted by Gasteiger charge is 2.31. The minimum Gasteiger partial charge on any atom is -0.359 e. The van der Waals surface area contributed by atoms with Gasteiger partial charge in [-0.25, -0.2) is 0 Å². The molecule has 0 amide bonds. The lowest BCUT2D eigenvalue weighted by Crippen LogP contribution is -3.15. The van der Waals surface area contributed by atoms with E-state index in [9.17, 15) is 0 Å². The molecule has 1 aliphatic heterocycles. The van der Waals surface area contributed by atoms with Gasteiger partial charge in [0.05, 0.1) is 31.2 Å². The van der Waals surface area contributed by atoms with Crippen LogP contribution in [0.1, 0.15) is 24.1 Å². The SMILES string of the molecule is C=C(C)CNC(=S)N1CC[NH+]([C@@H](c2ccccc2)c2ccccc2Cl)CC1. The van der Waals surface area contributed by atoms with Crippen LogP contribution in [0.3, 0.4) is 0 Å². The van der Waals surface area contributed by atoms with Crippen LogP contribution in [0.5, 0.6) is 0 Å². The maximum absolute atomic E-state index is 6.58. The zero-order valence-corrected chi connectivity index (χ0v) is 17.3. The van der Waals surface area contributed by atoms with Crippen LogP contribution in [-0.2, 0) is 0 Å². The number of nitrogens with zero attached hydrogens (tertiary/aromatic N) is 1. The minimum atomic E-state index is 0.235. The third-order valence-corrected chi connectivity index (χ3v) is 5.74. The second kappa shape index (κ2) is 9.36. The van der Waals surface area contributed by atoms with Crippen LogP contribution in [0.25, 0.3) is 0 Å². The highest BCUT2D eigenvalue weighted by molar-refractivity contribution is 7.80. The Bertz CT molecular complexity index is 785. The van der Waals surface area contributed by atoms with Crippen molar-refractivity contribution in [2.75, 3.05) is 32.7 Å². The van der Waals surface area contributed by atoms with Crippen molar-refractivity contribution in [1.82, 2.24) is 10.2 Å². The summed E-state index contributed by atoms with van der Waals surface area (Å²) in [6, 6.07) is 19.1. The summed E-state index contributed by atoms with van der Waals surface area (Å²) >= 11 is 12.1. The Morgan fingerprint density at radius 1 is 1.15 bits per heavy atom. The largest absolute Gasteiger partial charge is 0.359 e. The first-order valence-corrected chi connectivity index (χ1v) is 10.2. The Balaban J connectivity index is 1.75. The molecule has 0 bridgehead atoms. The minimum absolute atomic E-state index is 0.235. The van der Waals surface area contributed by atoms with Crippen molar-refractivity contribution in [1.29, 1.82) is 0 Å². The molecular weight excluding hydrogens is 374 g/mol. The Morgan fingerprint density at radius 3 is 2.41 bits per heavy atom. The first-order valence-electron chi connectivity index (χ1n) is 9.37. The van der Waals surface area contributed by atoms with Gasteiger partial charge >= 0.3 is 0 Å². The number of rotatable bonds is 5. The van der Waals surface area contributed by atoms with Crippen LogP contribution in [-0.4, -0.2) is 42.7 Å². The molecule has 142 valence electrons. The number of thiocarbonyl (C=S) groups is 1. The maximum atomic E-state index is 6.58. The van der Waals surface area contributed by atoms with Gasteiger partial charge in [-0.2, -0.15) is 0 Å². The van der Waals surface area contributed by atoms with E-state index < -0.39 is 0 Å². The molecule has 1 fully saturated rings. The summed E-state index contributed by atoms with van der Waals surface area (Å²) < 4.78 is 0. The zero-order valence-electron chi connectivity index (χ0n) is 15.7. The van der Waals surface area contributed by atoms with Crippen molar-refractivity contribution in [2.45, 2.75) is 13.0 Å². The van der Waals surface area contributed by atoms with Crippen LogP contribution < -0.4 is 10.2 Å². The first-order chi connectivity index (χ1) is 13.1. The van der Waals surface area contributed by atoms with Gasteiger partial charge in [0.1, 0.15) is 6.04 Å². The summed E-state index contributed by atoms with van der Waals surface area (Å²) in [5.41, 5.74) is 3.58. The van der Waals surface area contributed by atoms with Gasteiger partial charge in [0.2, 0.25) is 0 Å². The molecule has 27 heavy (non-hydrogen) atoms. The molecule has 0 aliphatic carbocycles. The molecule has 2 aromatic rings. The molecule has 1 heterocycles. The fourth-order valence-corrected chi connectivity index (χ4v) is 4.11. The second-order valence-corrected chi connectivity index (χ2v) is 7.92. The Labute approximate surface area is 172 Å². The zero-order chi connectivity index (χ0) is 19.2. The highest BCUT2D eigenvalue weighted by Crippen LogP contribution is 2.26. The summed E-state index contributed by atoms with van der Waals surface area (Å²) in [6.45, 7) is 10.6. The average Bonchev–Trinajstić information content (AvgIpc) is 2.69. The normalized spacial score (nSPS) is 16.0. The number of hydrogen-bond acceptors (Lipinski definition) is 1. The quantitative estimate of drug-likeness (QED) is 0.594. The van der Waals surface area contributed by atoms with Crippen LogP contribution >= 0.6 is 23.8 Å². The number of nitrogens with one attached hydrogen (secondary N) is 2. The van der Waals surface area contributed by atoms with Crippen molar-refractivity contribution in [3.63, 3.8) is 0 Å². The third kappa shape index (κ3) is 5.10. The van der Waals surface area contributed by atoms with Crippen molar-refractivity contribution in [3.8, 4) is 0 Å². The van der Waals surface area contributed by atoms with Gasteiger partial charge in [0, 0.05) is 17.7 Å². The van der Waals surface area contributed by atoms with E-state index in [4.69, 9.17) is 23.8 Å². The first kappa shape index (κ1) is 19.9. The molecule has 3 nitrogen and oxygen atoms in total. The Hall–Kier alpha value is -1.88. The molecule has 1 atom stereocenters. The number of hydrogen-bond donors (Lipinski definition) is 2. The highest BCUT2D eigenvalue weighted by atomic mass is 35.5.